The molecule has 0 saturated carbocycles. The number of aliphatic imine (C=N–C) groups is 1. The highest BCUT2D eigenvalue weighted by atomic mass is 127. The van der Waals surface area contributed by atoms with Crippen LogP contribution < -0.4 is 10.6 Å². The average Bonchev–Trinajstić information content (AvgIpc) is 3.24. The van der Waals surface area contributed by atoms with Gasteiger partial charge >= 0.3 is 0 Å². The van der Waals surface area contributed by atoms with Crippen molar-refractivity contribution >= 4 is 41.5 Å². The van der Waals surface area contributed by atoms with Gasteiger partial charge in [0.05, 0.1) is 0 Å². The second-order valence-corrected chi connectivity index (χ2v) is 9.23. The van der Waals surface area contributed by atoms with E-state index in [0.717, 1.165) is 44.1 Å². The molecular weight excluding hydrogens is 518 g/mol. The summed E-state index contributed by atoms with van der Waals surface area (Å²) in [5.74, 6) is 0.463. The van der Waals surface area contributed by atoms with E-state index in [1.54, 1.807) is 13.1 Å². The summed E-state index contributed by atoms with van der Waals surface area (Å²) in [4.78, 5) is 7.05. The SMILES string of the molecule is CN=C(NCC(C)(C)c1ccc(F)cc1Cl)NCC1(N2CCCC2)CCOCC1.I. The van der Waals surface area contributed by atoms with Crippen LogP contribution in [0.2, 0.25) is 5.02 Å². The average molecular weight is 553 g/mol. The molecule has 0 atom stereocenters. The third kappa shape index (κ3) is 6.20. The zero-order valence-corrected chi connectivity index (χ0v) is 21.4. The number of halogens is 3. The van der Waals surface area contributed by atoms with E-state index in [4.69, 9.17) is 16.3 Å². The molecule has 2 aliphatic heterocycles. The fourth-order valence-electron chi connectivity index (χ4n) is 4.45. The van der Waals surface area contributed by atoms with Crippen LogP contribution in [0.1, 0.15) is 45.1 Å². The third-order valence-electron chi connectivity index (χ3n) is 6.37. The minimum atomic E-state index is -0.316. The zero-order valence-electron chi connectivity index (χ0n) is 18.3. The Morgan fingerprint density at radius 3 is 2.50 bits per heavy atom. The lowest BCUT2D eigenvalue weighted by molar-refractivity contribution is -0.0164. The van der Waals surface area contributed by atoms with Gasteiger partial charge in [0, 0.05) is 49.3 Å². The van der Waals surface area contributed by atoms with Crippen LogP contribution in [0.25, 0.3) is 0 Å². The molecule has 0 unspecified atom stereocenters. The number of nitrogens with one attached hydrogen (secondary N) is 2. The number of hydrogen-bond donors (Lipinski definition) is 2. The van der Waals surface area contributed by atoms with E-state index in [-0.39, 0.29) is 40.7 Å². The quantitative estimate of drug-likeness (QED) is 0.316. The lowest BCUT2D eigenvalue weighted by Gasteiger charge is -2.45. The highest BCUT2D eigenvalue weighted by Crippen LogP contribution is 2.31. The fraction of sp³-hybridized carbons (Fsp3) is 0.682. The summed E-state index contributed by atoms with van der Waals surface area (Å²) in [5.41, 5.74) is 0.789. The molecule has 0 radical (unpaired) electrons. The second kappa shape index (κ2) is 11.3. The minimum Gasteiger partial charge on any atom is -0.381 e. The van der Waals surface area contributed by atoms with Crippen molar-refractivity contribution in [3.8, 4) is 0 Å². The predicted octanol–water partition coefficient (Wildman–Crippen LogP) is 4.18. The Hall–Kier alpha value is -0.640. The maximum absolute atomic E-state index is 13.4. The molecule has 0 aromatic heterocycles. The first-order valence-electron chi connectivity index (χ1n) is 10.6. The summed E-state index contributed by atoms with van der Waals surface area (Å²) < 4.78 is 19.0. The van der Waals surface area contributed by atoms with Gasteiger partial charge < -0.3 is 15.4 Å². The summed E-state index contributed by atoms with van der Waals surface area (Å²) in [6.45, 7) is 9.66. The smallest absolute Gasteiger partial charge is 0.191 e. The molecule has 2 heterocycles. The van der Waals surface area contributed by atoms with Crippen LogP contribution in [-0.4, -0.2) is 62.8 Å². The molecule has 2 N–H and O–H groups in total. The standard InChI is InChI=1S/C22H34ClFN4O.HI/c1-21(2,18-7-6-17(24)14-19(18)23)15-26-20(25-3)27-16-22(8-12-29-13-9-22)28-10-4-5-11-28;/h6-7,14H,4-5,8-13,15-16H2,1-3H3,(H2,25,26,27);1H. The van der Waals surface area contributed by atoms with Gasteiger partial charge in [-0.05, 0) is 56.5 Å². The van der Waals surface area contributed by atoms with Gasteiger partial charge in [0.1, 0.15) is 5.82 Å². The van der Waals surface area contributed by atoms with E-state index in [9.17, 15) is 4.39 Å². The van der Waals surface area contributed by atoms with Crippen LogP contribution in [0.3, 0.4) is 0 Å². The van der Waals surface area contributed by atoms with Crippen LogP contribution in [0.4, 0.5) is 4.39 Å². The Labute approximate surface area is 202 Å². The van der Waals surface area contributed by atoms with Crippen LogP contribution in [-0.2, 0) is 10.2 Å². The highest BCUT2D eigenvalue weighted by Gasteiger charge is 2.39. The number of rotatable bonds is 6. The predicted molar refractivity (Wildman–Crippen MR) is 133 cm³/mol. The number of likely N-dealkylation sites (tertiary alicyclic amines) is 1. The van der Waals surface area contributed by atoms with Gasteiger partial charge in [0.25, 0.3) is 0 Å². The van der Waals surface area contributed by atoms with Crippen molar-refractivity contribution in [2.24, 2.45) is 4.99 Å². The number of guanidine groups is 1. The Bertz CT molecular complexity index is 719. The molecule has 0 aliphatic carbocycles. The molecule has 0 bridgehead atoms. The van der Waals surface area contributed by atoms with E-state index >= 15 is 0 Å². The zero-order chi connectivity index (χ0) is 20.9. The van der Waals surface area contributed by atoms with E-state index < -0.39 is 0 Å². The summed E-state index contributed by atoms with van der Waals surface area (Å²) in [6, 6.07) is 4.59. The number of benzene rings is 1. The van der Waals surface area contributed by atoms with E-state index in [1.807, 2.05) is 0 Å². The molecule has 170 valence electrons. The normalized spacial score (nSPS) is 20.0. The Morgan fingerprint density at radius 2 is 1.90 bits per heavy atom. The largest absolute Gasteiger partial charge is 0.381 e. The number of ether oxygens (including phenoxy) is 1. The molecule has 3 rings (SSSR count). The maximum Gasteiger partial charge on any atom is 0.191 e. The van der Waals surface area contributed by atoms with Crippen molar-refractivity contribution in [2.75, 3.05) is 46.4 Å². The Balaban J connectivity index is 0.00000320. The van der Waals surface area contributed by atoms with Crippen LogP contribution >= 0.6 is 35.6 Å². The molecular formula is C22H35ClFIN4O. The monoisotopic (exact) mass is 552 g/mol. The minimum absolute atomic E-state index is 0. The molecule has 30 heavy (non-hydrogen) atoms. The van der Waals surface area contributed by atoms with Crippen LogP contribution in [0, 0.1) is 5.82 Å². The van der Waals surface area contributed by atoms with Gasteiger partial charge in [-0.15, -0.1) is 24.0 Å². The second-order valence-electron chi connectivity index (χ2n) is 8.82. The summed E-state index contributed by atoms with van der Waals surface area (Å²) in [7, 11) is 1.79. The Kier molecular flexibility index (Phi) is 9.64. The fourth-order valence-corrected chi connectivity index (χ4v) is 4.88. The van der Waals surface area contributed by atoms with Gasteiger partial charge in [-0.25, -0.2) is 4.39 Å². The highest BCUT2D eigenvalue weighted by molar-refractivity contribution is 14.0. The number of nitrogens with zero attached hydrogens (tertiary/aromatic N) is 2. The maximum atomic E-state index is 13.4. The van der Waals surface area contributed by atoms with Gasteiger partial charge in [0.2, 0.25) is 0 Å². The van der Waals surface area contributed by atoms with Gasteiger partial charge in [0.15, 0.2) is 5.96 Å². The van der Waals surface area contributed by atoms with Crippen LogP contribution in [0.5, 0.6) is 0 Å². The first-order valence-corrected chi connectivity index (χ1v) is 11.0. The van der Waals surface area contributed by atoms with Crippen molar-refractivity contribution in [3.63, 3.8) is 0 Å². The molecule has 1 aromatic rings. The molecule has 0 spiro atoms. The molecule has 1 aromatic carbocycles. The molecule has 2 aliphatic rings. The number of hydrogen-bond acceptors (Lipinski definition) is 3. The van der Waals surface area contributed by atoms with Gasteiger partial charge in [-0.1, -0.05) is 31.5 Å². The van der Waals surface area contributed by atoms with E-state index in [1.165, 1.54) is 38.1 Å². The Morgan fingerprint density at radius 1 is 1.23 bits per heavy atom. The van der Waals surface area contributed by atoms with E-state index in [0.29, 0.717) is 11.6 Å². The first kappa shape index (κ1) is 25.6. The molecule has 5 nitrogen and oxygen atoms in total. The van der Waals surface area contributed by atoms with Crippen molar-refractivity contribution in [3.05, 3.63) is 34.6 Å². The molecule has 8 heteroatoms. The lowest BCUT2D eigenvalue weighted by Crippen LogP contribution is -2.59. The summed E-state index contributed by atoms with van der Waals surface area (Å²) in [6.07, 6.45) is 4.66. The van der Waals surface area contributed by atoms with Crippen molar-refractivity contribution in [1.29, 1.82) is 0 Å². The summed E-state index contributed by atoms with van der Waals surface area (Å²) in [5, 5.41) is 7.44. The van der Waals surface area contributed by atoms with Gasteiger partial charge in [-0.2, -0.15) is 0 Å². The lowest BCUT2D eigenvalue weighted by atomic mass is 9.84. The van der Waals surface area contributed by atoms with Gasteiger partial charge in [-0.3, -0.25) is 9.89 Å². The third-order valence-corrected chi connectivity index (χ3v) is 6.68. The van der Waals surface area contributed by atoms with Crippen molar-refractivity contribution in [1.82, 2.24) is 15.5 Å². The van der Waals surface area contributed by atoms with Crippen LogP contribution in [0.15, 0.2) is 23.2 Å². The first-order chi connectivity index (χ1) is 13.9. The molecule has 2 fully saturated rings. The molecule has 2 saturated heterocycles. The van der Waals surface area contributed by atoms with E-state index in [2.05, 4.69) is 34.4 Å². The van der Waals surface area contributed by atoms with Crippen molar-refractivity contribution < 1.29 is 9.13 Å². The van der Waals surface area contributed by atoms with Crippen molar-refractivity contribution in [2.45, 2.75) is 50.5 Å². The topological polar surface area (TPSA) is 48.9 Å². The summed E-state index contributed by atoms with van der Waals surface area (Å²) >= 11 is 6.29. The molecule has 0 amide bonds.